The molecule has 0 bridgehead atoms. The summed E-state index contributed by atoms with van der Waals surface area (Å²) in [5.74, 6) is 0.490. The maximum Gasteiger partial charge on any atom is 0.193 e. The highest BCUT2D eigenvalue weighted by Crippen LogP contribution is 2.24. The second-order valence-electron chi connectivity index (χ2n) is 5.46. The van der Waals surface area contributed by atoms with E-state index in [-0.39, 0.29) is 0 Å². The summed E-state index contributed by atoms with van der Waals surface area (Å²) in [5, 5.41) is 3.19. The molecule has 0 radical (unpaired) electrons. The zero-order valence-corrected chi connectivity index (χ0v) is 12.2. The monoisotopic (exact) mass is 279 g/mol. The number of nitrogens with two attached hydrogens (primary N) is 1. The van der Waals surface area contributed by atoms with Crippen molar-refractivity contribution in [1.29, 1.82) is 0 Å². The highest BCUT2D eigenvalue weighted by molar-refractivity contribution is 5.92. The lowest BCUT2D eigenvalue weighted by Crippen LogP contribution is -2.23. The van der Waals surface area contributed by atoms with Crippen LogP contribution in [-0.4, -0.2) is 12.5 Å². The Morgan fingerprint density at radius 3 is 2.71 bits per heavy atom. The van der Waals surface area contributed by atoms with Crippen molar-refractivity contribution in [3.05, 3.63) is 65.2 Å². The lowest BCUT2D eigenvalue weighted by molar-refractivity contribution is 0.912. The van der Waals surface area contributed by atoms with Gasteiger partial charge in [-0.1, -0.05) is 36.4 Å². The number of nitrogens with one attached hydrogen (secondary N) is 1. The quantitative estimate of drug-likeness (QED) is 0.667. The van der Waals surface area contributed by atoms with E-state index >= 15 is 0 Å². The SMILES string of the molecule is NC(=NCCc1ccccc1)Nc1ccc2c(c1)CCC2. The van der Waals surface area contributed by atoms with Gasteiger partial charge < -0.3 is 11.1 Å². The Bertz CT molecular complexity index is 632. The first-order chi connectivity index (χ1) is 10.3. The predicted octanol–water partition coefficient (Wildman–Crippen LogP) is 3.14. The number of nitrogens with zero attached hydrogens (tertiary/aromatic N) is 1. The van der Waals surface area contributed by atoms with Crippen molar-refractivity contribution < 1.29 is 0 Å². The molecule has 3 N–H and O–H groups in total. The van der Waals surface area contributed by atoms with E-state index in [0.29, 0.717) is 12.5 Å². The van der Waals surface area contributed by atoms with Gasteiger partial charge in [0.25, 0.3) is 0 Å². The molecule has 0 spiro atoms. The Hall–Kier alpha value is -2.29. The van der Waals surface area contributed by atoms with E-state index in [4.69, 9.17) is 5.73 Å². The van der Waals surface area contributed by atoms with Crippen molar-refractivity contribution in [3.63, 3.8) is 0 Å². The average molecular weight is 279 g/mol. The number of anilines is 1. The van der Waals surface area contributed by atoms with Crippen molar-refractivity contribution in [3.8, 4) is 0 Å². The summed E-state index contributed by atoms with van der Waals surface area (Å²) >= 11 is 0. The van der Waals surface area contributed by atoms with Crippen LogP contribution in [0.4, 0.5) is 5.69 Å². The van der Waals surface area contributed by atoms with Gasteiger partial charge in [0.05, 0.1) is 0 Å². The Morgan fingerprint density at radius 1 is 1.05 bits per heavy atom. The van der Waals surface area contributed by atoms with E-state index in [1.807, 2.05) is 18.2 Å². The summed E-state index contributed by atoms with van der Waals surface area (Å²) in [6.45, 7) is 0.702. The number of aryl methyl sites for hydroxylation is 2. The summed E-state index contributed by atoms with van der Waals surface area (Å²) in [4.78, 5) is 4.39. The van der Waals surface area contributed by atoms with E-state index in [1.165, 1.54) is 36.0 Å². The van der Waals surface area contributed by atoms with Crippen LogP contribution in [0.25, 0.3) is 0 Å². The molecule has 21 heavy (non-hydrogen) atoms. The lowest BCUT2D eigenvalue weighted by atomic mass is 10.1. The zero-order valence-electron chi connectivity index (χ0n) is 12.2. The molecule has 0 unspecified atom stereocenters. The molecule has 0 aromatic heterocycles. The van der Waals surface area contributed by atoms with Gasteiger partial charge in [0.2, 0.25) is 0 Å². The molecule has 0 atom stereocenters. The molecule has 3 heteroatoms. The van der Waals surface area contributed by atoms with Crippen molar-refractivity contribution in [1.82, 2.24) is 0 Å². The molecule has 2 aromatic rings. The maximum absolute atomic E-state index is 5.95. The molecule has 0 amide bonds. The van der Waals surface area contributed by atoms with Crippen molar-refractivity contribution in [2.45, 2.75) is 25.7 Å². The Morgan fingerprint density at radius 2 is 1.86 bits per heavy atom. The first kappa shape index (κ1) is 13.7. The second-order valence-corrected chi connectivity index (χ2v) is 5.46. The normalized spacial score (nSPS) is 14.0. The molecular weight excluding hydrogens is 258 g/mol. The molecule has 3 nitrogen and oxygen atoms in total. The van der Waals surface area contributed by atoms with Crippen molar-refractivity contribution >= 4 is 11.6 Å². The first-order valence-corrected chi connectivity index (χ1v) is 7.54. The number of guanidine groups is 1. The molecule has 0 heterocycles. The van der Waals surface area contributed by atoms with Gasteiger partial charge >= 0.3 is 0 Å². The number of fused-ring (bicyclic) bond motifs is 1. The lowest BCUT2D eigenvalue weighted by Gasteiger charge is -2.08. The van der Waals surface area contributed by atoms with E-state index in [2.05, 4.69) is 40.6 Å². The molecule has 3 rings (SSSR count). The number of rotatable bonds is 4. The summed E-state index contributed by atoms with van der Waals surface area (Å²) < 4.78 is 0. The fourth-order valence-corrected chi connectivity index (χ4v) is 2.79. The fourth-order valence-electron chi connectivity index (χ4n) is 2.79. The van der Waals surface area contributed by atoms with Gasteiger partial charge in [0, 0.05) is 12.2 Å². The summed E-state index contributed by atoms with van der Waals surface area (Å²) in [6, 6.07) is 16.8. The summed E-state index contributed by atoms with van der Waals surface area (Å²) in [5.41, 5.74) is 11.2. The molecule has 0 saturated carbocycles. The van der Waals surface area contributed by atoms with Gasteiger partial charge in [-0.3, -0.25) is 4.99 Å². The number of aliphatic imine (C=N–C) groups is 1. The van der Waals surface area contributed by atoms with Crippen LogP contribution in [0, 0.1) is 0 Å². The predicted molar refractivity (Wildman–Crippen MR) is 88.7 cm³/mol. The Balaban J connectivity index is 1.56. The third-order valence-electron chi connectivity index (χ3n) is 3.90. The molecule has 0 saturated heterocycles. The molecule has 1 aliphatic carbocycles. The van der Waals surface area contributed by atoms with E-state index in [9.17, 15) is 0 Å². The minimum Gasteiger partial charge on any atom is -0.370 e. The number of hydrogen-bond donors (Lipinski definition) is 2. The highest BCUT2D eigenvalue weighted by Gasteiger charge is 2.10. The smallest absolute Gasteiger partial charge is 0.193 e. The highest BCUT2D eigenvalue weighted by atomic mass is 15.1. The fraction of sp³-hybridized carbons (Fsp3) is 0.278. The number of hydrogen-bond acceptors (Lipinski definition) is 1. The van der Waals surface area contributed by atoms with Crippen LogP contribution in [-0.2, 0) is 19.3 Å². The Kier molecular flexibility index (Phi) is 4.20. The molecule has 108 valence electrons. The Labute approximate surface area is 125 Å². The van der Waals surface area contributed by atoms with E-state index < -0.39 is 0 Å². The van der Waals surface area contributed by atoms with Crippen molar-refractivity contribution in [2.24, 2.45) is 10.7 Å². The minimum atomic E-state index is 0.490. The first-order valence-electron chi connectivity index (χ1n) is 7.54. The summed E-state index contributed by atoms with van der Waals surface area (Å²) in [7, 11) is 0. The van der Waals surface area contributed by atoms with Crippen LogP contribution in [0.3, 0.4) is 0 Å². The number of benzene rings is 2. The summed E-state index contributed by atoms with van der Waals surface area (Å²) in [6.07, 6.45) is 4.55. The van der Waals surface area contributed by atoms with Crippen LogP contribution in [0.5, 0.6) is 0 Å². The zero-order chi connectivity index (χ0) is 14.5. The molecule has 1 aliphatic rings. The van der Waals surface area contributed by atoms with Crippen LogP contribution in [0.1, 0.15) is 23.1 Å². The largest absolute Gasteiger partial charge is 0.370 e. The molecule has 2 aromatic carbocycles. The standard InChI is InChI=1S/C18H21N3/c19-18(20-12-11-14-5-2-1-3-6-14)21-17-10-9-15-7-4-8-16(15)13-17/h1-3,5-6,9-10,13H,4,7-8,11-12H2,(H3,19,20,21). The molecular formula is C18H21N3. The second kappa shape index (κ2) is 6.44. The van der Waals surface area contributed by atoms with Gasteiger partial charge in [0.1, 0.15) is 0 Å². The third-order valence-corrected chi connectivity index (χ3v) is 3.90. The molecule has 0 aliphatic heterocycles. The van der Waals surface area contributed by atoms with Gasteiger partial charge in [-0.2, -0.15) is 0 Å². The minimum absolute atomic E-state index is 0.490. The topological polar surface area (TPSA) is 50.4 Å². The van der Waals surface area contributed by atoms with Crippen molar-refractivity contribution in [2.75, 3.05) is 11.9 Å². The van der Waals surface area contributed by atoms with E-state index in [1.54, 1.807) is 0 Å². The molecule has 0 fully saturated rings. The third kappa shape index (κ3) is 3.63. The van der Waals surface area contributed by atoms with Gasteiger partial charge in [-0.25, -0.2) is 0 Å². The average Bonchev–Trinajstić information content (AvgIpc) is 2.96. The van der Waals surface area contributed by atoms with E-state index in [0.717, 1.165) is 12.1 Å². The van der Waals surface area contributed by atoms with Crippen LogP contribution in [0.2, 0.25) is 0 Å². The van der Waals surface area contributed by atoms with Gasteiger partial charge in [-0.05, 0) is 54.5 Å². The van der Waals surface area contributed by atoms with Crippen LogP contribution < -0.4 is 11.1 Å². The van der Waals surface area contributed by atoms with Gasteiger partial charge in [0.15, 0.2) is 5.96 Å². The van der Waals surface area contributed by atoms with Crippen LogP contribution in [0.15, 0.2) is 53.5 Å². The van der Waals surface area contributed by atoms with Gasteiger partial charge in [-0.15, -0.1) is 0 Å². The van der Waals surface area contributed by atoms with Crippen LogP contribution >= 0.6 is 0 Å². The maximum atomic E-state index is 5.95.